The Morgan fingerprint density at radius 3 is 2.94 bits per heavy atom. The standard InChI is InChI=1S/C11H16N2O2S2/c1-6-9(17-11(16)12-6)5-10(15)13-7-3-2-4-8(7)14/h7-8,14H,2-5H2,1H3,(H,12,16)(H,13,15)/t7-,8-/m1/s1. The number of rotatable bonds is 3. The molecule has 94 valence electrons. The van der Waals surface area contributed by atoms with E-state index in [-0.39, 0.29) is 18.1 Å². The van der Waals surface area contributed by atoms with Crippen LogP contribution in [0.3, 0.4) is 0 Å². The first kappa shape index (κ1) is 12.7. The van der Waals surface area contributed by atoms with E-state index >= 15 is 0 Å². The lowest BCUT2D eigenvalue weighted by molar-refractivity contribution is -0.121. The van der Waals surface area contributed by atoms with Crippen molar-refractivity contribution in [3.8, 4) is 0 Å². The van der Waals surface area contributed by atoms with E-state index in [0.29, 0.717) is 10.4 Å². The summed E-state index contributed by atoms with van der Waals surface area (Å²) in [7, 11) is 0. The van der Waals surface area contributed by atoms with Crippen molar-refractivity contribution in [1.29, 1.82) is 0 Å². The summed E-state index contributed by atoms with van der Waals surface area (Å²) >= 11 is 6.46. The van der Waals surface area contributed by atoms with E-state index < -0.39 is 0 Å². The maximum absolute atomic E-state index is 11.8. The van der Waals surface area contributed by atoms with E-state index in [1.54, 1.807) is 0 Å². The van der Waals surface area contributed by atoms with Crippen LogP contribution in [0.4, 0.5) is 0 Å². The van der Waals surface area contributed by atoms with Gasteiger partial charge in [-0.1, -0.05) is 0 Å². The Morgan fingerprint density at radius 1 is 1.65 bits per heavy atom. The monoisotopic (exact) mass is 272 g/mol. The number of aryl methyl sites for hydroxylation is 1. The molecule has 0 radical (unpaired) electrons. The van der Waals surface area contributed by atoms with Crippen LogP contribution in [0.1, 0.15) is 29.8 Å². The zero-order valence-corrected chi connectivity index (χ0v) is 11.3. The highest BCUT2D eigenvalue weighted by atomic mass is 32.1. The first-order valence-electron chi connectivity index (χ1n) is 5.72. The molecule has 1 amide bonds. The fourth-order valence-corrected chi connectivity index (χ4v) is 3.41. The summed E-state index contributed by atoms with van der Waals surface area (Å²) < 4.78 is 0.700. The lowest BCUT2D eigenvalue weighted by atomic mass is 10.2. The molecule has 1 aromatic heterocycles. The number of carbonyl (C=O) groups is 1. The highest BCUT2D eigenvalue weighted by Gasteiger charge is 2.26. The summed E-state index contributed by atoms with van der Waals surface area (Å²) in [6.45, 7) is 1.92. The van der Waals surface area contributed by atoms with E-state index in [1.807, 2.05) is 6.92 Å². The molecule has 0 spiro atoms. The Morgan fingerprint density at radius 2 is 2.41 bits per heavy atom. The molecule has 1 aromatic rings. The van der Waals surface area contributed by atoms with Crippen LogP contribution in [0.15, 0.2) is 0 Å². The average molecular weight is 272 g/mol. The molecule has 2 rings (SSSR count). The van der Waals surface area contributed by atoms with Crippen molar-refractivity contribution in [2.75, 3.05) is 0 Å². The number of thiazole rings is 1. The minimum atomic E-state index is -0.385. The minimum absolute atomic E-state index is 0.0377. The number of amides is 1. The van der Waals surface area contributed by atoms with Crippen LogP contribution in [0.5, 0.6) is 0 Å². The van der Waals surface area contributed by atoms with Gasteiger partial charge in [0.05, 0.1) is 18.6 Å². The van der Waals surface area contributed by atoms with Gasteiger partial charge in [-0.2, -0.15) is 0 Å². The fourth-order valence-electron chi connectivity index (χ4n) is 2.12. The Bertz CT molecular complexity index is 466. The van der Waals surface area contributed by atoms with E-state index in [2.05, 4.69) is 10.3 Å². The quantitative estimate of drug-likeness (QED) is 0.734. The summed E-state index contributed by atoms with van der Waals surface area (Å²) in [4.78, 5) is 15.8. The SMILES string of the molecule is Cc1[nH]c(=S)sc1CC(=O)N[C@@H]1CCC[C@H]1O. The summed E-state index contributed by atoms with van der Waals surface area (Å²) in [5.74, 6) is -0.0377. The summed E-state index contributed by atoms with van der Waals surface area (Å²) in [6, 6.07) is -0.0743. The predicted octanol–water partition coefficient (Wildman–Crippen LogP) is 1.69. The van der Waals surface area contributed by atoms with Crippen molar-refractivity contribution >= 4 is 29.5 Å². The van der Waals surface area contributed by atoms with Gasteiger partial charge in [-0.15, -0.1) is 11.3 Å². The normalized spacial score (nSPS) is 23.9. The Labute approximate surface area is 109 Å². The molecule has 2 atom stereocenters. The van der Waals surface area contributed by atoms with Gasteiger partial charge in [0, 0.05) is 10.6 Å². The number of aliphatic hydroxyl groups excluding tert-OH is 1. The van der Waals surface area contributed by atoms with Crippen LogP contribution in [0.25, 0.3) is 0 Å². The number of hydrogen-bond acceptors (Lipinski definition) is 4. The third kappa shape index (κ3) is 3.14. The van der Waals surface area contributed by atoms with Crippen LogP contribution in [-0.4, -0.2) is 28.1 Å². The fraction of sp³-hybridized carbons (Fsp3) is 0.636. The predicted molar refractivity (Wildman–Crippen MR) is 69.7 cm³/mol. The number of H-pyrrole nitrogens is 1. The number of aliphatic hydroxyl groups is 1. The van der Waals surface area contributed by atoms with Crippen molar-refractivity contribution in [1.82, 2.24) is 10.3 Å². The molecule has 4 nitrogen and oxygen atoms in total. The Balaban J connectivity index is 1.93. The third-order valence-electron chi connectivity index (χ3n) is 3.07. The van der Waals surface area contributed by atoms with Gasteiger partial charge in [0.15, 0.2) is 3.95 Å². The van der Waals surface area contributed by atoms with Gasteiger partial charge >= 0.3 is 0 Å². The zero-order valence-electron chi connectivity index (χ0n) is 9.66. The molecule has 1 saturated carbocycles. The molecule has 17 heavy (non-hydrogen) atoms. The van der Waals surface area contributed by atoms with Gasteiger partial charge in [-0.05, 0) is 38.4 Å². The average Bonchev–Trinajstić information content (AvgIpc) is 2.75. The van der Waals surface area contributed by atoms with Crippen molar-refractivity contribution in [3.05, 3.63) is 14.5 Å². The van der Waals surface area contributed by atoms with Crippen molar-refractivity contribution in [2.45, 2.75) is 44.8 Å². The van der Waals surface area contributed by atoms with E-state index in [4.69, 9.17) is 12.2 Å². The molecule has 1 aliphatic rings. The second-order valence-electron chi connectivity index (χ2n) is 4.41. The van der Waals surface area contributed by atoms with Crippen LogP contribution >= 0.6 is 23.6 Å². The molecule has 1 aliphatic carbocycles. The largest absolute Gasteiger partial charge is 0.391 e. The maximum atomic E-state index is 11.8. The molecule has 6 heteroatoms. The topological polar surface area (TPSA) is 65.1 Å². The van der Waals surface area contributed by atoms with Crippen LogP contribution in [0.2, 0.25) is 0 Å². The van der Waals surface area contributed by atoms with E-state index in [0.717, 1.165) is 29.8 Å². The summed E-state index contributed by atoms with van der Waals surface area (Å²) in [5, 5.41) is 12.5. The van der Waals surface area contributed by atoms with Crippen molar-refractivity contribution in [2.24, 2.45) is 0 Å². The molecule has 3 N–H and O–H groups in total. The van der Waals surface area contributed by atoms with Crippen LogP contribution in [-0.2, 0) is 11.2 Å². The Hall–Kier alpha value is -0.720. The molecular weight excluding hydrogens is 256 g/mol. The molecule has 0 aromatic carbocycles. The zero-order chi connectivity index (χ0) is 12.4. The van der Waals surface area contributed by atoms with Crippen LogP contribution in [0, 0.1) is 10.9 Å². The van der Waals surface area contributed by atoms with Gasteiger partial charge in [0.1, 0.15) is 0 Å². The van der Waals surface area contributed by atoms with Gasteiger partial charge in [0.25, 0.3) is 0 Å². The summed E-state index contributed by atoms with van der Waals surface area (Å²) in [6.07, 6.45) is 2.59. The van der Waals surface area contributed by atoms with E-state index in [9.17, 15) is 9.90 Å². The number of hydrogen-bond donors (Lipinski definition) is 3. The molecule has 0 bridgehead atoms. The molecular formula is C11H16N2O2S2. The molecule has 0 unspecified atom stereocenters. The molecule has 1 heterocycles. The number of aromatic amines is 1. The van der Waals surface area contributed by atoms with Gasteiger partial charge in [-0.25, -0.2) is 0 Å². The van der Waals surface area contributed by atoms with Crippen LogP contribution < -0.4 is 5.32 Å². The third-order valence-corrected chi connectivity index (χ3v) is 4.41. The molecule has 1 fully saturated rings. The number of carbonyl (C=O) groups excluding carboxylic acids is 1. The smallest absolute Gasteiger partial charge is 0.225 e. The first-order chi connectivity index (χ1) is 8.06. The summed E-state index contributed by atoms with van der Waals surface area (Å²) in [5.41, 5.74) is 0.960. The molecule has 0 aliphatic heterocycles. The maximum Gasteiger partial charge on any atom is 0.225 e. The Kier molecular flexibility index (Phi) is 3.96. The lowest BCUT2D eigenvalue weighted by Gasteiger charge is -2.16. The van der Waals surface area contributed by atoms with E-state index in [1.165, 1.54) is 11.3 Å². The van der Waals surface area contributed by atoms with Gasteiger partial charge in [0.2, 0.25) is 5.91 Å². The number of nitrogens with one attached hydrogen (secondary N) is 2. The van der Waals surface area contributed by atoms with Gasteiger partial charge < -0.3 is 15.4 Å². The lowest BCUT2D eigenvalue weighted by Crippen LogP contribution is -2.40. The highest BCUT2D eigenvalue weighted by molar-refractivity contribution is 7.73. The minimum Gasteiger partial charge on any atom is -0.391 e. The van der Waals surface area contributed by atoms with Crippen molar-refractivity contribution < 1.29 is 9.90 Å². The number of aromatic nitrogens is 1. The first-order valence-corrected chi connectivity index (χ1v) is 6.95. The molecule has 0 saturated heterocycles. The second-order valence-corrected chi connectivity index (χ2v) is 6.18. The second kappa shape index (κ2) is 5.29. The van der Waals surface area contributed by atoms with Crippen molar-refractivity contribution in [3.63, 3.8) is 0 Å². The highest BCUT2D eigenvalue weighted by Crippen LogP contribution is 2.19. The van der Waals surface area contributed by atoms with Gasteiger partial charge in [-0.3, -0.25) is 4.79 Å².